The quantitative estimate of drug-likeness (QED) is 0.737. The average molecular weight is 366 g/mol. The highest BCUT2D eigenvalue weighted by molar-refractivity contribution is 5.76. The zero-order valence-electron chi connectivity index (χ0n) is 16.4. The number of carbonyl (C=O) groups is 1. The predicted molar refractivity (Wildman–Crippen MR) is 103 cm³/mol. The number of esters is 1. The van der Waals surface area contributed by atoms with Crippen molar-refractivity contribution in [1.82, 2.24) is 0 Å². The van der Waals surface area contributed by atoms with Gasteiger partial charge in [0.15, 0.2) is 0 Å². The van der Waals surface area contributed by atoms with E-state index in [4.69, 9.17) is 14.2 Å². The van der Waals surface area contributed by atoms with Gasteiger partial charge in [0.05, 0.1) is 13.0 Å². The van der Waals surface area contributed by atoms with Crippen LogP contribution in [0.2, 0.25) is 0 Å². The Morgan fingerprint density at radius 2 is 1.93 bits per heavy atom. The smallest absolute Gasteiger partial charge is 0.309 e. The highest BCUT2D eigenvalue weighted by atomic mass is 16.6. The zero-order valence-corrected chi connectivity index (χ0v) is 16.4. The number of methoxy groups -OCH3 is 1. The van der Waals surface area contributed by atoms with E-state index in [-0.39, 0.29) is 23.9 Å². The molecule has 1 saturated heterocycles. The van der Waals surface area contributed by atoms with Crippen molar-refractivity contribution < 1.29 is 19.0 Å². The van der Waals surface area contributed by atoms with Crippen LogP contribution in [0, 0.1) is 25.7 Å². The molecule has 1 fully saturated rings. The molecule has 0 N–H and O–H groups in total. The first-order chi connectivity index (χ1) is 13.0. The van der Waals surface area contributed by atoms with Crippen molar-refractivity contribution in [2.24, 2.45) is 11.8 Å². The lowest BCUT2D eigenvalue weighted by molar-refractivity contribution is -0.144. The average Bonchev–Trinajstić information content (AvgIpc) is 2.97. The second kappa shape index (κ2) is 6.91. The molecule has 4 rings (SSSR count). The SMILES string of the molecule is COc1ccc(COc2cc(C)c3c(c2C)C2OC(=O)C(C)[C@@H]2CC3)cc1. The highest BCUT2D eigenvalue weighted by Gasteiger charge is 2.46. The summed E-state index contributed by atoms with van der Waals surface area (Å²) in [5.74, 6) is 1.90. The predicted octanol–water partition coefficient (Wildman–Crippen LogP) is 4.69. The molecule has 4 nitrogen and oxygen atoms in total. The lowest BCUT2D eigenvalue weighted by Gasteiger charge is -2.31. The van der Waals surface area contributed by atoms with Crippen molar-refractivity contribution in [3.05, 3.63) is 58.1 Å². The van der Waals surface area contributed by atoms with Gasteiger partial charge in [-0.05, 0) is 67.1 Å². The number of aryl methyl sites for hydroxylation is 1. The zero-order chi connectivity index (χ0) is 19.1. The minimum Gasteiger partial charge on any atom is -0.497 e. The summed E-state index contributed by atoms with van der Waals surface area (Å²) in [7, 11) is 1.66. The van der Waals surface area contributed by atoms with Gasteiger partial charge in [-0.3, -0.25) is 4.79 Å². The fraction of sp³-hybridized carbons (Fsp3) is 0.435. The monoisotopic (exact) mass is 366 g/mol. The third-order valence-electron chi connectivity index (χ3n) is 6.13. The molecule has 2 unspecified atom stereocenters. The molecule has 0 bridgehead atoms. The van der Waals surface area contributed by atoms with Crippen LogP contribution in [-0.2, 0) is 22.6 Å². The second-order valence-corrected chi connectivity index (χ2v) is 7.69. The Morgan fingerprint density at radius 1 is 1.19 bits per heavy atom. The summed E-state index contributed by atoms with van der Waals surface area (Å²) < 4.78 is 17.1. The third kappa shape index (κ3) is 3.07. The lowest BCUT2D eigenvalue weighted by Crippen LogP contribution is -2.22. The Kier molecular flexibility index (Phi) is 4.58. The summed E-state index contributed by atoms with van der Waals surface area (Å²) in [5, 5.41) is 0. The van der Waals surface area contributed by atoms with Crippen molar-refractivity contribution >= 4 is 5.97 Å². The number of benzene rings is 2. The Bertz CT molecular complexity index is 869. The molecule has 0 saturated carbocycles. The number of fused-ring (bicyclic) bond motifs is 3. The van der Waals surface area contributed by atoms with Gasteiger partial charge in [-0.1, -0.05) is 19.1 Å². The summed E-state index contributed by atoms with van der Waals surface area (Å²) in [6.07, 6.45) is 1.89. The van der Waals surface area contributed by atoms with Gasteiger partial charge in [-0.2, -0.15) is 0 Å². The molecular weight excluding hydrogens is 340 g/mol. The van der Waals surface area contributed by atoms with E-state index in [0.29, 0.717) is 6.61 Å². The molecule has 3 atom stereocenters. The van der Waals surface area contributed by atoms with E-state index in [1.807, 2.05) is 31.2 Å². The van der Waals surface area contributed by atoms with Gasteiger partial charge in [-0.15, -0.1) is 0 Å². The van der Waals surface area contributed by atoms with Gasteiger partial charge >= 0.3 is 5.97 Å². The Labute approximate surface area is 160 Å². The van der Waals surface area contributed by atoms with Crippen molar-refractivity contribution in [3.63, 3.8) is 0 Å². The number of hydrogen-bond donors (Lipinski definition) is 0. The minimum atomic E-state index is -0.125. The van der Waals surface area contributed by atoms with Crippen molar-refractivity contribution in [2.75, 3.05) is 7.11 Å². The van der Waals surface area contributed by atoms with Crippen LogP contribution in [0.15, 0.2) is 30.3 Å². The van der Waals surface area contributed by atoms with Crippen molar-refractivity contribution in [2.45, 2.75) is 46.3 Å². The molecule has 1 aliphatic heterocycles. The number of hydrogen-bond acceptors (Lipinski definition) is 4. The molecule has 0 amide bonds. The molecule has 0 aromatic heterocycles. The first-order valence-electron chi connectivity index (χ1n) is 9.58. The van der Waals surface area contributed by atoms with Gasteiger partial charge in [0.1, 0.15) is 24.2 Å². The molecule has 2 aliphatic rings. The molecule has 2 aromatic carbocycles. The highest BCUT2D eigenvalue weighted by Crippen LogP contribution is 2.49. The molecule has 0 radical (unpaired) electrons. The summed E-state index contributed by atoms with van der Waals surface area (Å²) >= 11 is 0. The first-order valence-corrected chi connectivity index (χ1v) is 9.58. The van der Waals surface area contributed by atoms with Gasteiger partial charge in [0, 0.05) is 11.5 Å². The molecule has 1 heterocycles. The van der Waals surface area contributed by atoms with Crippen LogP contribution in [0.5, 0.6) is 11.5 Å². The molecule has 27 heavy (non-hydrogen) atoms. The fourth-order valence-electron chi connectivity index (χ4n) is 4.46. The Hall–Kier alpha value is -2.49. The van der Waals surface area contributed by atoms with Crippen LogP contribution in [0.1, 0.15) is 47.3 Å². The van der Waals surface area contributed by atoms with Crippen LogP contribution in [0.4, 0.5) is 0 Å². The van der Waals surface area contributed by atoms with E-state index in [9.17, 15) is 4.79 Å². The third-order valence-corrected chi connectivity index (χ3v) is 6.13. The number of ether oxygens (including phenoxy) is 3. The molecular formula is C23H26O4. The number of rotatable bonds is 4. The van der Waals surface area contributed by atoms with E-state index >= 15 is 0 Å². The van der Waals surface area contributed by atoms with Gasteiger partial charge in [-0.25, -0.2) is 0 Å². The Morgan fingerprint density at radius 3 is 2.63 bits per heavy atom. The van der Waals surface area contributed by atoms with Crippen molar-refractivity contribution in [3.8, 4) is 11.5 Å². The summed E-state index contributed by atoms with van der Waals surface area (Å²) in [5.41, 5.74) is 5.90. The fourth-order valence-corrected chi connectivity index (χ4v) is 4.46. The first kappa shape index (κ1) is 17.9. The number of carbonyl (C=O) groups excluding carboxylic acids is 1. The van der Waals surface area contributed by atoms with E-state index in [0.717, 1.165) is 35.5 Å². The van der Waals surface area contributed by atoms with E-state index in [1.165, 1.54) is 16.7 Å². The molecule has 0 spiro atoms. The summed E-state index contributed by atoms with van der Waals surface area (Å²) in [6, 6.07) is 10.0. The molecule has 1 aliphatic carbocycles. The maximum absolute atomic E-state index is 12.1. The van der Waals surface area contributed by atoms with Crippen LogP contribution in [0.25, 0.3) is 0 Å². The van der Waals surface area contributed by atoms with Crippen LogP contribution in [0.3, 0.4) is 0 Å². The topological polar surface area (TPSA) is 44.8 Å². The maximum atomic E-state index is 12.1. The molecule has 142 valence electrons. The minimum absolute atomic E-state index is 0.0215. The van der Waals surface area contributed by atoms with Gasteiger partial charge < -0.3 is 14.2 Å². The van der Waals surface area contributed by atoms with Crippen LogP contribution in [-0.4, -0.2) is 13.1 Å². The molecule has 4 heteroatoms. The molecule has 2 aromatic rings. The Balaban J connectivity index is 1.62. The normalized spacial score (nSPS) is 23.4. The largest absolute Gasteiger partial charge is 0.497 e. The maximum Gasteiger partial charge on any atom is 0.309 e. The summed E-state index contributed by atoms with van der Waals surface area (Å²) in [6.45, 7) is 6.69. The van der Waals surface area contributed by atoms with Gasteiger partial charge in [0.2, 0.25) is 0 Å². The van der Waals surface area contributed by atoms with Crippen molar-refractivity contribution in [1.29, 1.82) is 0 Å². The van der Waals surface area contributed by atoms with E-state index < -0.39 is 0 Å². The van der Waals surface area contributed by atoms with E-state index in [2.05, 4.69) is 19.9 Å². The van der Waals surface area contributed by atoms with Crippen LogP contribution < -0.4 is 9.47 Å². The lowest BCUT2D eigenvalue weighted by atomic mass is 9.74. The van der Waals surface area contributed by atoms with Crippen LogP contribution >= 0.6 is 0 Å². The second-order valence-electron chi connectivity index (χ2n) is 7.69. The van der Waals surface area contributed by atoms with Gasteiger partial charge in [0.25, 0.3) is 0 Å². The standard InChI is InChI=1S/C23H26O4/c1-13-11-20(26-12-16-5-7-17(25-4)8-6-16)15(3)21-18(13)9-10-19-14(2)23(24)27-22(19)21/h5-8,11,14,19,22H,9-10,12H2,1-4H3/t14?,19-,22?/m0/s1. The summed E-state index contributed by atoms with van der Waals surface area (Å²) in [4.78, 5) is 12.1. The van der Waals surface area contributed by atoms with E-state index in [1.54, 1.807) is 7.11 Å².